The van der Waals surface area contributed by atoms with E-state index < -0.39 is 0 Å². The molecule has 1 atom stereocenters. The minimum Gasteiger partial charge on any atom is -0.384 e. The zero-order chi connectivity index (χ0) is 17.2. The van der Waals surface area contributed by atoms with Crippen LogP contribution in [0.2, 0.25) is 0 Å². The van der Waals surface area contributed by atoms with Gasteiger partial charge in [-0.2, -0.15) is 0 Å². The van der Waals surface area contributed by atoms with Gasteiger partial charge >= 0.3 is 0 Å². The molecule has 0 radical (unpaired) electrons. The normalized spacial score (nSPS) is 23.0. The van der Waals surface area contributed by atoms with Crippen LogP contribution in [0.25, 0.3) is 0 Å². The summed E-state index contributed by atoms with van der Waals surface area (Å²) in [4.78, 5) is 14.8. The van der Waals surface area contributed by atoms with Crippen molar-refractivity contribution in [2.75, 3.05) is 38.8 Å². The van der Waals surface area contributed by atoms with Gasteiger partial charge in [-0.25, -0.2) is 0 Å². The third-order valence-corrected chi connectivity index (χ3v) is 4.98. The summed E-state index contributed by atoms with van der Waals surface area (Å²) in [6.45, 7) is 7.14. The van der Waals surface area contributed by atoms with Crippen molar-refractivity contribution in [1.82, 2.24) is 10.1 Å². The topological polar surface area (TPSA) is 76.8 Å². The summed E-state index contributed by atoms with van der Waals surface area (Å²) in [6, 6.07) is 2.16. The average Bonchev–Trinajstić information content (AvgIpc) is 2.96. The minimum absolute atomic E-state index is 0.0139. The number of methoxy groups -OCH3 is 1. The molecule has 7 heteroatoms. The summed E-state index contributed by atoms with van der Waals surface area (Å²) < 4.78 is 15.9. The van der Waals surface area contributed by atoms with Crippen LogP contribution in [0.4, 0.5) is 5.88 Å². The number of likely N-dealkylation sites (tertiary alicyclic amines) is 1. The highest BCUT2D eigenvalue weighted by Gasteiger charge is 2.39. The van der Waals surface area contributed by atoms with Crippen molar-refractivity contribution in [3.05, 3.63) is 11.8 Å². The average molecular weight is 337 g/mol. The predicted octanol–water partition coefficient (Wildman–Crippen LogP) is 1.79. The molecule has 0 bridgehead atoms. The molecule has 1 amide bonds. The number of anilines is 1. The van der Waals surface area contributed by atoms with E-state index in [-0.39, 0.29) is 17.4 Å². The number of nitrogens with zero attached hydrogens (tertiary/aromatic N) is 2. The van der Waals surface area contributed by atoms with E-state index in [4.69, 9.17) is 14.0 Å². The molecule has 2 aliphatic rings. The molecule has 3 rings (SSSR count). The van der Waals surface area contributed by atoms with E-state index in [9.17, 15) is 4.79 Å². The first kappa shape index (κ1) is 17.4. The van der Waals surface area contributed by atoms with Crippen molar-refractivity contribution >= 4 is 11.8 Å². The second-order valence-electron chi connectivity index (χ2n) is 7.27. The quantitative estimate of drug-likeness (QED) is 0.853. The van der Waals surface area contributed by atoms with E-state index >= 15 is 0 Å². The summed E-state index contributed by atoms with van der Waals surface area (Å²) in [6.07, 6.45) is 2.89. The number of aromatic nitrogens is 1. The fourth-order valence-corrected chi connectivity index (χ4v) is 3.44. The summed E-state index contributed by atoms with van der Waals surface area (Å²) in [5.74, 6) is 0.387. The molecule has 1 aromatic heterocycles. The molecular formula is C17H27N3O4. The van der Waals surface area contributed by atoms with Crippen LogP contribution in [0.1, 0.15) is 38.8 Å². The zero-order valence-electron chi connectivity index (χ0n) is 14.7. The van der Waals surface area contributed by atoms with Crippen molar-refractivity contribution in [2.24, 2.45) is 0 Å². The first-order chi connectivity index (χ1) is 11.5. The third-order valence-electron chi connectivity index (χ3n) is 4.98. The van der Waals surface area contributed by atoms with Gasteiger partial charge in [-0.15, -0.1) is 0 Å². The molecule has 1 unspecified atom stereocenters. The van der Waals surface area contributed by atoms with E-state index in [1.54, 1.807) is 13.2 Å². The number of hydrogen-bond acceptors (Lipinski definition) is 6. The van der Waals surface area contributed by atoms with Gasteiger partial charge in [-0.05, 0) is 19.3 Å². The maximum Gasteiger partial charge on any atom is 0.244 e. The molecule has 0 aliphatic carbocycles. The highest BCUT2D eigenvalue weighted by atomic mass is 16.5. The van der Waals surface area contributed by atoms with Crippen molar-refractivity contribution in [2.45, 2.75) is 50.6 Å². The first-order valence-electron chi connectivity index (χ1n) is 8.62. The van der Waals surface area contributed by atoms with Gasteiger partial charge in [-0.1, -0.05) is 19.0 Å². The van der Waals surface area contributed by atoms with Crippen LogP contribution < -0.4 is 5.32 Å². The SMILES string of the molecule is COCC(C)(C)c1cc(NC(=O)C2CCN2C2CCOCC2)on1. The number of carbonyl (C=O) groups is 1. The summed E-state index contributed by atoms with van der Waals surface area (Å²) >= 11 is 0. The lowest BCUT2D eigenvalue weighted by atomic mass is 9.90. The van der Waals surface area contributed by atoms with Gasteiger partial charge in [-0.3, -0.25) is 15.0 Å². The largest absolute Gasteiger partial charge is 0.384 e. The lowest BCUT2D eigenvalue weighted by Gasteiger charge is -2.46. The molecule has 1 N–H and O–H groups in total. The Morgan fingerprint density at radius 1 is 1.42 bits per heavy atom. The molecule has 24 heavy (non-hydrogen) atoms. The number of ether oxygens (including phenoxy) is 2. The molecule has 0 spiro atoms. The lowest BCUT2D eigenvalue weighted by Crippen LogP contribution is -2.59. The Kier molecular flexibility index (Phi) is 5.22. The van der Waals surface area contributed by atoms with Crippen molar-refractivity contribution in [3.8, 4) is 0 Å². The van der Waals surface area contributed by atoms with Crippen LogP contribution in [-0.2, 0) is 19.7 Å². The third kappa shape index (κ3) is 3.63. The Morgan fingerprint density at radius 3 is 2.79 bits per heavy atom. The molecule has 7 nitrogen and oxygen atoms in total. The van der Waals surface area contributed by atoms with Crippen molar-refractivity contribution in [3.63, 3.8) is 0 Å². The fraction of sp³-hybridized carbons (Fsp3) is 0.765. The highest BCUT2D eigenvalue weighted by Crippen LogP contribution is 2.28. The van der Waals surface area contributed by atoms with E-state index in [0.29, 0.717) is 18.5 Å². The lowest BCUT2D eigenvalue weighted by molar-refractivity contribution is -0.129. The van der Waals surface area contributed by atoms with Crippen molar-refractivity contribution in [1.29, 1.82) is 0 Å². The summed E-state index contributed by atoms with van der Waals surface area (Å²) in [5, 5.41) is 6.94. The van der Waals surface area contributed by atoms with Crippen LogP contribution in [0, 0.1) is 0 Å². The van der Waals surface area contributed by atoms with Gasteiger partial charge in [0.2, 0.25) is 11.8 Å². The van der Waals surface area contributed by atoms with E-state index in [1.807, 2.05) is 13.8 Å². The molecule has 0 saturated carbocycles. The number of carbonyl (C=O) groups excluding carboxylic acids is 1. The predicted molar refractivity (Wildman–Crippen MR) is 89.0 cm³/mol. The minimum atomic E-state index is -0.258. The Hall–Kier alpha value is -1.44. The van der Waals surface area contributed by atoms with Gasteiger partial charge in [0.05, 0.1) is 18.3 Å². The standard InChI is InChI=1S/C17H27N3O4/c1-17(2,11-22-3)14-10-15(24-19-14)18-16(21)13-4-7-20(13)12-5-8-23-9-6-12/h10,12-13H,4-9,11H2,1-3H3,(H,18,21). The summed E-state index contributed by atoms with van der Waals surface area (Å²) in [7, 11) is 1.66. The monoisotopic (exact) mass is 337 g/mol. The van der Waals surface area contributed by atoms with E-state index in [0.717, 1.165) is 44.7 Å². The number of nitrogens with one attached hydrogen (secondary N) is 1. The van der Waals surface area contributed by atoms with Gasteiger partial charge in [0, 0.05) is 44.4 Å². The second kappa shape index (κ2) is 7.21. The zero-order valence-corrected chi connectivity index (χ0v) is 14.7. The Bertz CT molecular complexity index is 566. The van der Waals surface area contributed by atoms with Crippen LogP contribution in [0.3, 0.4) is 0 Å². The van der Waals surface area contributed by atoms with E-state index in [2.05, 4.69) is 15.4 Å². The van der Waals surface area contributed by atoms with Crippen LogP contribution in [0.5, 0.6) is 0 Å². The van der Waals surface area contributed by atoms with Crippen LogP contribution in [0.15, 0.2) is 10.6 Å². The Labute approximate surface area is 142 Å². The van der Waals surface area contributed by atoms with Crippen molar-refractivity contribution < 1.29 is 18.8 Å². The molecular weight excluding hydrogens is 310 g/mol. The van der Waals surface area contributed by atoms with Gasteiger partial charge in [0.15, 0.2) is 0 Å². The number of amides is 1. The smallest absolute Gasteiger partial charge is 0.244 e. The molecule has 0 aromatic carbocycles. The van der Waals surface area contributed by atoms with Gasteiger partial charge in [0.1, 0.15) is 0 Å². The van der Waals surface area contributed by atoms with Crippen LogP contribution >= 0.6 is 0 Å². The first-order valence-corrected chi connectivity index (χ1v) is 8.62. The highest BCUT2D eigenvalue weighted by molar-refractivity contribution is 5.94. The molecule has 2 saturated heterocycles. The van der Waals surface area contributed by atoms with E-state index in [1.165, 1.54) is 0 Å². The molecule has 2 fully saturated rings. The molecule has 1 aromatic rings. The van der Waals surface area contributed by atoms with Gasteiger partial charge in [0.25, 0.3) is 0 Å². The number of rotatable bonds is 6. The second-order valence-corrected chi connectivity index (χ2v) is 7.27. The fourth-order valence-electron chi connectivity index (χ4n) is 3.44. The Morgan fingerprint density at radius 2 is 2.17 bits per heavy atom. The van der Waals surface area contributed by atoms with Gasteiger partial charge < -0.3 is 14.0 Å². The number of hydrogen-bond donors (Lipinski definition) is 1. The molecule has 134 valence electrons. The maximum atomic E-state index is 12.5. The Balaban J connectivity index is 1.58. The molecule has 3 heterocycles. The summed E-state index contributed by atoms with van der Waals surface area (Å²) in [5.41, 5.74) is 0.515. The van der Waals surface area contributed by atoms with Crippen LogP contribution in [-0.4, -0.2) is 61.5 Å². The molecule has 2 aliphatic heterocycles. The maximum absolute atomic E-state index is 12.5.